The summed E-state index contributed by atoms with van der Waals surface area (Å²) in [6, 6.07) is 4.02. The summed E-state index contributed by atoms with van der Waals surface area (Å²) in [5, 5.41) is 2.08. The van der Waals surface area contributed by atoms with Crippen LogP contribution in [-0.2, 0) is 18.4 Å². The van der Waals surface area contributed by atoms with Gasteiger partial charge in [-0.25, -0.2) is 9.78 Å². The molecule has 23 heavy (non-hydrogen) atoms. The molecule has 3 aromatic rings. The molecule has 3 rings (SSSR count). The van der Waals surface area contributed by atoms with Gasteiger partial charge in [-0.1, -0.05) is 0 Å². The fourth-order valence-electron chi connectivity index (χ4n) is 2.42. The number of pyridine rings is 1. The smallest absolute Gasteiger partial charge is 0.330 e. The third-order valence-corrected chi connectivity index (χ3v) is 4.88. The Balaban J connectivity index is 2.17. The average Bonchev–Trinajstić information content (AvgIpc) is 3.05. The molecule has 0 N–H and O–H groups in total. The van der Waals surface area contributed by atoms with E-state index >= 15 is 0 Å². The molecule has 0 aromatic carbocycles. The molecular weight excluding hydrogens is 312 g/mol. The zero-order valence-corrected chi connectivity index (χ0v) is 14.3. The van der Waals surface area contributed by atoms with Crippen molar-refractivity contribution in [3.05, 3.63) is 39.8 Å². The molecule has 3 heterocycles. The average molecular weight is 330 g/mol. The second-order valence-electron chi connectivity index (χ2n) is 5.77. The van der Waals surface area contributed by atoms with Gasteiger partial charge in [0.05, 0.1) is 5.52 Å². The van der Waals surface area contributed by atoms with Crippen LogP contribution in [0.4, 0.5) is 0 Å². The van der Waals surface area contributed by atoms with Gasteiger partial charge in [-0.3, -0.25) is 13.9 Å². The molecule has 0 saturated heterocycles. The topological polar surface area (TPSA) is 60.1 Å². The number of rotatable bonds is 3. The second kappa shape index (κ2) is 5.66. The molecule has 1 amide bonds. The highest BCUT2D eigenvalue weighted by Crippen LogP contribution is 2.28. The lowest BCUT2D eigenvalue weighted by Crippen LogP contribution is -2.31. The molecule has 0 atom stereocenters. The summed E-state index contributed by atoms with van der Waals surface area (Å²) in [5.41, 5.74) is 3.17. The van der Waals surface area contributed by atoms with Gasteiger partial charge in [-0.2, -0.15) is 0 Å². The molecule has 3 aromatic heterocycles. The van der Waals surface area contributed by atoms with Crippen molar-refractivity contribution in [1.29, 1.82) is 0 Å². The molecule has 6 nitrogen and oxygen atoms in total. The van der Waals surface area contributed by atoms with E-state index < -0.39 is 0 Å². The lowest BCUT2D eigenvalue weighted by Gasteiger charge is -2.10. The maximum atomic E-state index is 12.4. The SMILES string of the molecule is Cc1csc(-c2cnc3c(c2)n(CC(=O)N(C)C)c(=O)n3C)c1. The minimum atomic E-state index is -0.234. The molecule has 0 unspecified atom stereocenters. The van der Waals surface area contributed by atoms with Gasteiger partial charge >= 0.3 is 5.69 Å². The van der Waals surface area contributed by atoms with Crippen molar-refractivity contribution in [1.82, 2.24) is 19.0 Å². The van der Waals surface area contributed by atoms with E-state index in [4.69, 9.17) is 0 Å². The molecule has 0 fully saturated rings. The van der Waals surface area contributed by atoms with E-state index in [0.717, 1.165) is 10.4 Å². The van der Waals surface area contributed by atoms with Crippen LogP contribution in [0, 0.1) is 6.92 Å². The highest BCUT2D eigenvalue weighted by Gasteiger charge is 2.16. The number of carbonyl (C=O) groups excluding carboxylic acids is 1. The van der Waals surface area contributed by atoms with Gasteiger partial charge in [0.2, 0.25) is 5.91 Å². The monoisotopic (exact) mass is 330 g/mol. The van der Waals surface area contributed by atoms with Gasteiger partial charge in [-0.05, 0) is 30.0 Å². The van der Waals surface area contributed by atoms with Crippen molar-refractivity contribution in [2.45, 2.75) is 13.5 Å². The number of thiophene rings is 1. The first-order valence-corrected chi connectivity index (χ1v) is 8.07. The number of nitrogens with zero attached hydrogens (tertiary/aromatic N) is 4. The van der Waals surface area contributed by atoms with Crippen molar-refractivity contribution in [3.8, 4) is 10.4 Å². The highest BCUT2D eigenvalue weighted by atomic mass is 32.1. The Hall–Kier alpha value is -2.41. The van der Waals surface area contributed by atoms with Crippen molar-refractivity contribution in [2.24, 2.45) is 7.05 Å². The van der Waals surface area contributed by atoms with Crippen LogP contribution in [0.25, 0.3) is 21.6 Å². The third kappa shape index (κ3) is 2.68. The van der Waals surface area contributed by atoms with Gasteiger partial charge in [0.1, 0.15) is 6.54 Å². The molecular formula is C16H18N4O2S. The Morgan fingerprint density at radius 1 is 1.35 bits per heavy atom. The second-order valence-corrected chi connectivity index (χ2v) is 6.68. The van der Waals surface area contributed by atoms with E-state index in [2.05, 4.69) is 16.4 Å². The van der Waals surface area contributed by atoms with Crippen LogP contribution < -0.4 is 5.69 Å². The van der Waals surface area contributed by atoms with Crippen molar-refractivity contribution in [2.75, 3.05) is 14.1 Å². The third-order valence-electron chi connectivity index (χ3n) is 3.78. The fourth-order valence-corrected chi connectivity index (χ4v) is 3.31. The zero-order valence-electron chi connectivity index (χ0n) is 13.5. The largest absolute Gasteiger partial charge is 0.347 e. The van der Waals surface area contributed by atoms with Crippen LogP contribution >= 0.6 is 11.3 Å². The fraction of sp³-hybridized carbons (Fsp3) is 0.312. The predicted octanol–water partition coefficient (Wildman–Crippen LogP) is 1.86. The quantitative estimate of drug-likeness (QED) is 0.736. The molecule has 120 valence electrons. The number of carbonyl (C=O) groups is 1. The first kappa shape index (κ1) is 15.5. The number of fused-ring (bicyclic) bond motifs is 1. The van der Waals surface area contributed by atoms with Crippen LogP contribution in [0.1, 0.15) is 5.56 Å². The molecule has 0 aliphatic heterocycles. The Kier molecular flexibility index (Phi) is 3.81. The Morgan fingerprint density at radius 2 is 2.09 bits per heavy atom. The number of likely N-dealkylation sites (N-methyl/N-ethyl adjacent to an activating group) is 1. The van der Waals surface area contributed by atoms with E-state index in [1.165, 1.54) is 19.6 Å². The van der Waals surface area contributed by atoms with Crippen molar-refractivity contribution in [3.63, 3.8) is 0 Å². The summed E-state index contributed by atoms with van der Waals surface area (Å²) in [4.78, 5) is 31.4. The maximum Gasteiger partial charge on any atom is 0.330 e. The number of hydrogen-bond donors (Lipinski definition) is 0. The summed E-state index contributed by atoms with van der Waals surface area (Å²) < 4.78 is 2.95. The molecule has 0 spiro atoms. The number of aromatic nitrogens is 3. The molecule has 7 heteroatoms. The molecule has 0 saturated carbocycles. The van der Waals surface area contributed by atoms with Crippen LogP contribution in [0.5, 0.6) is 0 Å². The first-order valence-electron chi connectivity index (χ1n) is 7.19. The number of amides is 1. The minimum absolute atomic E-state index is 0.0117. The van der Waals surface area contributed by atoms with Gasteiger partial charge in [0, 0.05) is 37.8 Å². The summed E-state index contributed by atoms with van der Waals surface area (Å²) in [7, 11) is 5.02. The first-order chi connectivity index (χ1) is 10.9. The highest BCUT2D eigenvalue weighted by molar-refractivity contribution is 7.13. The van der Waals surface area contributed by atoms with Gasteiger partial charge in [0.25, 0.3) is 0 Å². The van der Waals surface area contributed by atoms with Gasteiger partial charge in [0.15, 0.2) is 5.65 Å². The lowest BCUT2D eigenvalue weighted by molar-refractivity contribution is -0.129. The summed E-state index contributed by atoms with van der Waals surface area (Å²) in [6.07, 6.45) is 1.77. The van der Waals surface area contributed by atoms with E-state index in [9.17, 15) is 9.59 Å². The number of aryl methyl sites for hydroxylation is 2. The van der Waals surface area contributed by atoms with Gasteiger partial charge < -0.3 is 4.90 Å². The molecule has 0 radical (unpaired) electrons. The van der Waals surface area contributed by atoms with E-state index in [-0.39, 0.29) is 18.1 Å². The molecule has 0 aliphatic rings. The predicted molar refractivity (Wildman–Crippen MR) is 91.7 cm³/mol. The number of hydrogen-bond acceptors (Lipinski definition) is 4. The normalized spacial score (nSPS) is 11.1. The molecule has 0 bridgehead atoms. The lowest BCUT2D eigenvalue weighted by atomic mass is 10.2. The van der Waals surface area contributed by atoms with E-state index in [1.807, 2.05) is 13.0 Å². The van der Waals surface area contributed by atoms with Crippen molar-refractivity contribution >= 4 is 28.4 Å². The van der Waals surface area contributed by atoms with Gasteiger partial charge in [-0.15, -0.1) is 11.3 Å². The Bertz CT molecular complexity index is 949. The maximum absolute atomic E-state index is 12.4. The van der Waals surface area contributed by atoms with Crippen LogP contribution in [0.3, 0.4) is 0 Å². The Morgan fingerprint density at radius 3 is 2.70 bits per heavy atom. The Labute approximate surface area is 137 Å². The minimum Gasteiger partial charge on any atom is -0.347 e. The number of imidazole rings is 1. The van der Waals surface area contributed by atoms with E-state index in [1.54, 1.807) is 38.7 Å². The van der Waals surface area contributed by atoms with Crippen LogP contribution in [-0.4, -0.2) is 39.0 Å². The molecule has 0 aliphatic carbocycles. The zero-order chi connectivity index (χ0) is 16.7. The standard InChI is InChI=1S/C16H18N4O2S/c1-10-5-13(23-9-10)11-6-12-15(17-7-11)19(4)16(22)20(12)8-14(21)18(2)3/h5-7,9H,8H2,1-4H3. The summed E-state index contributed by atoms with van der Waals surface area (Å²) in [5.74, 6) is -0.128. The van der Waals surface area contributed by atoms with Crippen LogP contribution in [0.15, 0.2) is 28.5 Å². The summed E-state index contributed by atoms with van der Waals surface area (Å²) >= 11 is 1.64. The van der Waals surface area contributed by atoms with Crippen LogP contribution in [0.2, 0.25) is 0 Å². The van der Waals surface area contributed by atoms with E-state index in [0.29, 0.717) is 11.2 Å². The summed E-state index contributed by atoms with van der Waals surface area (Å²) in [6.45, 7) is 2.05. The van der Waals surface area contributed by atoms with Crippen molar-refractivity contribution < 1.29 is 4.79 Å².